The molecule has 0 unspecified atom stereocenters. The van der Waals surface area contributed by atoms with Crippen LogP contribution in [0, 0.1) is 0 Å². The van der Waals surface area contributed by atoms with Gasteiger partial charge < -0.3 is 10.2 Å². The molecule has 20 heavy (non-hydrogen) atoms. The smallest absolute Gasteiger partial charge is 0.246 e. The highest BCUT2D eigenvalue weighted by Crippen LogP contribution is 2.16. The normalized spacial score (nSPS) is 19.1. The molecule has 114 valence electrons. The van der Waals surface area contributed by atoms with E-state index in [4.69, 9.17) is 0 Å². The summed E-state index contributed by atoms with van der Waals surface area (Å²) in [6.45, 7) is 4.25. The minimum Gasteiger partial charge on any atom is -0.318 e. The van der Waals surface area contributed by atoms with E-state index in [-0.39, 0.29) is 4.90 Å². The van der Waals surface area contributed by atoms with E-state index in [1.54, 1.807) is 15.2 Å². The van der Waals surface area contributed by atoms with Gasteiger partial charge in [0.05, 0.1) is 12.7 Å². The lowest BCUT2D eigenvalue weighted by atomic mass is 10.4. The summed E-state index contributed by atoms with van der Waals surface area (Å²) in [6.07, 6.45) is 3.92. The first-order valence-corrected chi connectivity index (χ1v) is 8.34. The molecule has 8 heteroatoms. The molecule has 0 amide bonds. The number of rotatable bonds is 5. The molecule has 1 aliphatic rings. The zero-order valence-corrected chi connectivity index (χ0v) is 12.9. The van der Waals surface area contributed by atoms with Gasteiger partial charge in [0.15, 0.2) is 0 Å². The summed E-state index contributed by atoms with van der Waals surface area (Å²) in [4.78, 5) is 2.45. The quantitative estimate of drug-likeness (QED) is 0.788. The Labute approximate surface area is 120 Å². The molecule has 1 fully saturated rings. The van der Waals surface area contributed by atoms with Crippen LogP contribution < -0.4 is 5.32 Å². The molecular weight excluding hydrogens is 278 g/mol. The Kier molecular flexibility index (Phi) is 5.14. The molecule has 2 heterocycles. The second-order valence-electron chi connectivity index (χ2n) is 5.10. The molecular formula is C12H23N5O2S. The van der Waals surface area contributed by atoms with E-state index in [1.165, 1.54) is 6.20 Å². The molecule has 1 aromatic rings. The van der Waals surface area contributed by atoms with Gasteiger partial charge in [-0.25, -0.2) is 8.42 Å². The highest BCUT2D eigenvalue weighted by molar-refractivity contribution is 7.89. The third-order valence-electron chi connectivity index (χ3n) is 3.52. The summed E-state index contributed by atoms with van der Waals surface area (Å²) in [5.74, 6) is 0. The third-order valence-corrected chi connectivity index (χ3v) is 5.37. The van der Waals surface area contributed by atoms with E-state index >= 15 is 0 Å². The Morgan fingerprint density at radius 3 is 2.85 bits per heavy atom. The van der Waals surface area contributed by atoms with Crippen LogP contribution >= 0.6 is 0 Å². The van der Waals surface area contributed by atoms with Crippen LogP contribution in [-0.2, 0) is 16.6 Å². The second-order valence-corrected chi connectivity index (χ2v) is 7.04. The summed E-state index contributed by atoms with van der Waals surface area (Å²) in [5, 5.41) is 7.13. The molecule has 0 saturated carbocycles. The molecule has 0 aliphatic carbocycles. The van der Waals surface area contributed by atoms with Crippen LogP contribution in [0.3, 0.4) is 0 Å². The maximum atomic E-state index is 12.6. The van der Waals surface area contributed by atoms with Crippen molar-refractivity contribution in [1.82, 2.24) is 24.3 Å². The predicted molar refractivity (Wildman–Crippen MR) is 77.0 cm³/mol. The second kappa shape index (κ2) is 6.66. The molecule has 0 bridgehead atoms. The molecule has 1 aliphatic heterocycles. The average molecular weight is 301 g/mol. The molecule has 0 atom stereocenters. The first-order valence-electron chi connectivity index (χ1n) is 6.90. The summed E-state index contributed by atoms with van der Waals surface area (Å²) in [5.41, 5.74) is 0. The van der Waals surface area contributed by atoms with Crippen molar-refractivity contribution in [2.24, 2.45) is 0 Å². The Morgan fingerprint density at radius 2 is 2.10 bits per heavy atom. The van der Waals surface area contributed by atoms with Crippen molar-refractivity contribution in [2.75, 3.05) is 46.8 Å². The topological polar surface area (TPSA) is 70.5 Å². The van der Waals surface area contributed by atoms with Crippen LogP contribution in [0.4, 0.5) is 0 Å². The minimum atomic E-state index is -3.41. The molecule has 1 saturated heterocycles. The number of sulfonamides is 1. The molecule has 1 aromatic heterocycles. The number of likely N-dealkylation sites (N-methyl/N-ethyl adjacent to an activating group) is 2. The van der Waals surface area contributed by atoms with Gasteiger partial charge in [0.1, 0.15) is 4.90 Å². The van der Waals surface area contributed by atoms with Gasteiger partial charge in [-0.2, -0.15) is 9.40 Å². The van der Waals surface area contributed by atoms with Crippen molar-refractivity contribution < 1.29 is 8.42 Å². The summed E-state index contributed by atoms with van der Waals surface area (Å²) in [6, 6.07) is 0. The van der Waals surface area contributed by atoms with Gasteiger partial charge in [0.2, 0.25) is 10.0 Å². The fourth-order valence-electron chi connectivity index (χ4n) is 2.24. The Hall–Kier alpha value is -0.960. The Balaban J connectivity index is 2.10. The van der Waals surface area contributed by atoms with Crippen LogP contribution in [0.15, 0.2) is 17.3 Å². The van der Waals surface area contributed by atoms with E-state index in [1.807, 2.05) is 14.1 Å². The Bertz CT molecular complexity index is 528. The van der Waals surface area contributed by atoms with E-state index in [0.717, 1.165) is 26.1 Å². The van der Waals surface area contributed by atoms with Gasteiger partial charge in [0.25, 0.3) is 0 Å². The van der Waals surface area contributed by atoms with Crippen molar-refractivity contribution in [2.45, 2.75) is 17.9 Å². The SMILES string of the molecule is CNCCn1cc(S(=O)(=O)N2CCCN(C)CC2)cn1. The molecule has 0 radical (unpaired) electrons. The van der Waals surface area contributed by atoms with Crippen molar-refractivity contribution >= 4 is 10.0 Å². The standard InChI is InChI=1S/C12H23N5O2S/c1-13-4-7-16-11-12(10-14-16)20(18,19)17-6-3-5-15(2)8-9-17/h10-11,13H,3-9H2,1-2H3. The van der Waals surface area contributed by atoms with Crippen LogP contribution in [0.25, 0.3) is 0 Å². The summed E-state index contributed by atoms with van der Waals surface area (Å²) >= 11 is 0. The Morgan fingerprint density at radius 1 is 1.30 bits per heavy atom. The lowest BCUT2D eigenvalue weighted by Crippen LogP contribution is -2.34. The van der Waals surface area contributed by atoms with Gasteiger partial charge in [-0.1, -0.05) is 0 Å². The third kappa shape index (κ3) is 3.57. The highest BCUT2D eigenvalue weighted by atomic mass is 32.2. The van der Waals surface area contributed by atoms with Crippen molar-refractivity contribution in [3.63, 3.8) is 0 Å². The van der Waals surface area contributed by atoms with Gasteiger partial charge in [-0.3, -0.25) is 4.68 Å². The zero-order chi connectivity index (χ0) is 14.6. The van der Waals surface area contributed by atoms with Crippen LogP contribution in [-0.4, -0.2) is 74.2 Å². The number of hydrogen-bond donors (Lipinski definition) is 1. The fourth-order valence-corrected chi connectivity index (χ4v) is 3.66. The van der Waals surface area contributed by atoms with Gasteiger partial charge in [-0.15, -0.1) is 0 Å². The monoisotopic (exact) mass is 301 g/mol. The van der Waals surface area contributed by atoms with E-state index < -0.39 is 10.0 Å². The molecule has 7 nitrogen and oxygen atoms in total. The minimum absolute atomic E-state index is 0.290. The molecule has 2 rings (SSSR count). The summed E-state index contributed by atoms with van der Waals surface area (Å²) in [7, 11) is 0.466. The average Bonchev–Trinajstić information content (AvgIpc) is 2.79. The zero-order valence-electron chi connectivity index (χ0n) is 12.1. The number of nitrogens with one attached hydrogen (secondary N) is 1. The fraction of sp³-hybridized carbons (Fsp3) is 0.750. The molecule has 0 aromatic carbocycles. The summed E-state index contributed by atoms with van der Waals surface area (Å²) < 4.78 is 28.4. The van der Waals surface area contributed by atoms with Gasteiger partial charge in [0, 0.05) is 32.4 Å². The maximum absolute atomic E-state index is 12.6. The van der Waals surface area contributed by atoms with Crippen molar-refractivity contribution in [3.8, 4) is 0 Å². The van der Waals surface area contributed by atoms with Crippen LogP contribution in [0.5, 0.6) is 0 Å². The van der Waals surface area contributed by atoms with E-state index in [0.29, 0.717) is 19.6 Å². The van der Waals surface area contributed by atoms with Crippen molar-refractivity contribution in [1.29, 1.82) is 0 Å². The van der Waals surface area contributed by atoms with E-state index in [9.17, 15) is 8.42 Å². The van der Waals surface area contributed by atoms with Crippen LogP contribution in [0.1, 0.15) is 6.42 Å². The van der Waals surface area contributed by atoms with Crippen LogP contribution in [0.2, 0.25) is 0 Å². The number of nitrogens with zero attached hydrogens (tertiary/aromatic N) is 4. The molecule has 0 spiro atoms. The number of hydrogen-bond acceptors (Lipinski definition) is 5. The number of aromatic nitrogens is 2. The highest BCUT2D eigenvalue weighted by Gasteiger charge is 2.27. The van der Waals surface area contributed by atoms with Gasteiger partial charge >= 0.3 is 0 Å². The lowest BCUT2D eigenvalue weighted by molar-refractivity contribution is 0.347. The first kappa shape index (κ1) is 15.4. The maximum Gasteiger partial charge on any atom is 0.246 e. The van der Waals surface area contributed by atoms with Crippen molar-refractivity contribution in [3.05, 3.63) is 12.4 Å². The largest absolute Gasteiger partial charge is 0.318 e. The lowest BCUT2D eigenvalue weighted by Gasteiger charge is -2.19. The van der Waals surface area contributed by atoms with E-state index in [2.05, 4.69) is 15.3 Å². The first-order chi connectivity index (χ1) is 9.54. The molecule has 1 N–H and O–H groups in total. The predicted octanol–water partition coefficient (Wildman–Crippen LogP) is -0.571. The van der Waals surface area contributed by atoms with Gasteiger partial charge in [-0.05, 0) is 27.1 Å².